The van der Waals surface area contributed by atoms with Gasteiger partial charge < -0.3 is 15.1 Å². The van der Waals surface area contributed by atoms with Crippen LogP contribution in [-0.2, 0) is 4.79 Å². The molecule has 6 nitrogen and oxygen atoms in total. The molecule has 1 aromatic heterocycles. The van der Waals surface area contributed by atoms with Crippen molar-refractivity contribution in [3.8, 4) is 0 Å². The lowest BCUT2D eigenvalue weighted by molar-refractivity contribution is -0.120. The van der Waals surface area contributed by atoms with E-state index in [-0.39, 0.29) is 18.3 Å². The van der Waals surface area contributed by atoms with Crippen molar-refractivity contribution in [1.82, 2.24) is 15.3 Å². The summed E-state index contributed by atoms with van der Waals surface area (Å²) < 4.78 is 13.4. The molecule has 0 bridgehead atoms. The molecule has 1 N–H and O–H groups in total. The van der Waals surface area contributed by atoms with Crippen LogP contribution in [0.15, 0.2) is 6.20 Å². The highest BCUT2D eigenvalue weighted by atomic mass is 19.1. The molecule has 17 heavy (non-hydrogen) atoms. The average Bonchev–Trinajstić information content (AvgIpc) is 2.29. The highest BCUT2D eigenvalue weighted by Gasteiger charge is 2.20. The van der Waals surface area contributed by atoms with Gasteiger partial charge in [0.15, 0.2) is 11.6 Å². The predicted octanol–water partition coefficient (Wildman–Crippen LogP) is -0.382. The highest BCUT2D eigenvalue weighted by molar-refractivity contribution is 5.81. The van der Waals surface area contributed by atoms with Gasteiger partial charge in [0.25, 0.3) is 0 Å². The Morgan fingerprint density at radius 3 is 2.94 bits per heavy atom. The molecule has 1 saturated heterocycles. The molecule has 2 heterocycles. The minimum absolute atomic E-state index is 0.0735. The van der Waals surface area contributed by atoms with Crippen LogP contribution in [-0.4, -0.2) is 49.6 Å². The van der Waals surface area contributed by atoms with E-state index in [0.29, 0.717) is 19.0 Å². The van der Waals surface area contributed by atoms with Gasteiger partial charge in [0.2, 0.25) is 11.9 Å². The second kappa shape index (κ2) is 4.52. The Labute approximate surface area is 98.5 Å². The molecule has 0 radical (unpaired) electrons. The third-order valence-corrected chi connectivity index (χ3v) is 2.46. The monoisotopic (exact) mass is 239 g/mol. The SMILES string of the molecule is CN(C)c1nc(N2CCNC(=O)C2)ncc1F. The van der Waals surface area contributed by atoms with Gasteiger partial charge in [-0.05, 0) is 0 Å². The van der Waals surface area contributed by atoms with Gasteiger partial charge >= 0.3 is 0 Å². The Morgan fingerprint density at radius 2 is 2.29 bits per heavy atom. The van der Waals surface area contributed by atoms with Crippen LogP contribution in [0.4, 0.5) is 16.2 Å². The van der Waals surface area contributed by atoms with Gasteiger partial charge in [-0.3, -0.25) is 4.79 Å². The van der Waals surface area contributed by atoms with Crippen LogP contribution in [0.2, 0.25) is 0 Å². The van der Waals surface area contributed by atoms with Crippen LogP contribution in [0.3, 0.4) is 0 Å². The number of anilines is 2. The summed E-state index contributed by atoms with van der Waals surface area (Å²) in [5, 5.41) is 2.71. The fourth-order valence-electron chi connectivity index (χ4n) is 1.62. The highest BCUT2D eigenvalue weighted by Crippen LogP contribution is 2.17. The number of nitrogens with one attached hydrogen (secondary N) is 1. The molecule has 2 rings (SSSR count). The fraction of sp³-hybridized carbons (Fsp3) is 0.500. The Morgan fingerprint density at radius 1 is 1.53 bits per heavy atom. The Hall–Kier alpha value is -1.92. The van der Waals surface area contributed by atoms with E-state index in [1.165, 1.54) is 0 Å². The standard InChI is InChI=1S/C10H14FN5O/c1-15(2)9-7(11)5-13-10(14-9)16-4-3-12-8(17)6-16/h5H,3-4,6H2,1-2H3,(H,12,17). The van der Waals surface area contributed by atoms with Crippen LogP contribution in [0.1, 0.15) is 0 Å². The average molecular weight is 239 g/mol. The summed E-state index contributed by atoms with van der Waals surface area (Å²) in [5.41, 5.74) is 0. The number of carbonyl (C=O) groups is 1. The van der Waals surface area contributed by atoms with Crippen LogP contribution >= 0.6 is 0 Å². The molecule has 0 aliphatic carbocycles. The van der Waals surface area contributed by atoms with Crippen molar-refractivity contribution in [2.45, 2.75) is 0 Å². The first-order valence-corrected chi connectivity index (χ1v) is 5.29. The lowest BCUT2D eigenvalue weighted by Gasteiger charge is -2.27. The summed E-state index contributed by atoms with van der Waals surface area (Å²) in [7, 11) is 3.41. The largest absolute Gasteiger partial charge is 0.360 e. The number of aromatic nitrogens is 2. The minimum atomic E-state index is -0.472. The Kier molecular flexibility index (Phi) is 3.08. The topological polar surface area (TPSA) is 61.4 Å². The zero-order valence-corrected chi connectivity index (χ0v) is 9.77. The maximum Gasteiger partial charge on any atom is 0.239 e. The molecule has 1 aromatic rings. The summed E-state index contributed by atoms with van der Waals surface area (Å²) in [4.78, 5) is 22.6. The Balaban J connectivity index is 2.26. The quantitative estimate of drug-likeness (QED) is 0.762. The molecule has 0 atom stereocenters. The molecule has 1 aliphatic heterocycles. The normalized spacial score (nSPS) is 15.7. The molecule has 0 saturated carbocycles. The number of amides is 1. The number of hydrogen-bond acceptors (Lipinski definition) is 5. The molecule has 1 aliphatic rings. The third-order valence-electron chi connectivity index (χ3n) is 2.46. The molecule has 1 fully saturated rings. The van der Waals surface area contributed by atoms with Gasteiger partial charge in [-0.1, -0.05) is 0 Å². The van der Waals surface area contributed by atoms with E-state index in [0.717, 1.165) is 6.20 Å². The first-order chi connectivity index (χ1) is 8.08. The van der Waals surface area contributed by atoms with Crippen LogP contribution in [0.5, 0.6) is 0 Å². The van der Waals surface area contributed by atoms with Gasteiger partial charge in [-0.15, -0.1) is 0 Å². The number of hydrogen-bond donors (Lipinski definition) is 1. The van der Waals surface area contributed by atoms with Crippen LogP contribution in [0.25, 0.3) is 0 Å². The maximum atomic E-state index is 13.4. The van der Waals surface area contributed by atoms with E-state index in [2.05, 4.69) is 15.3 Å². The zero-order valence-electron chi connectivity index (χ0n) is 9.77. The number of halogens is 1. The third kappa shape index (κ3) is 2.43. The molecular weight excluding hydrogens is 225 g/mol. The Bertz CT molecular complexity index is 437. The first-order valence-electron chi connectivity index (χ1n) is 5.29. The van der Waals surface area contributed by atoms with Crippen molar-refractivity contribution in [2.75, 3.05) is 43.5 Å². The molecule has 0 unspecified atom stereocenters. The van der Waals surface area contributed by atoms with Crippen LogP contribution in [0, 0.1) is 5.82 Å². The second-order valence-corrected chi connectivity index (χ2v) is 4.01. The van der Waals surface area contributed by atoms with Gasteiger partial charge in [0, 0.05) is 27.2 Å². The smallest absolute Gasteiger partial charge is 0.239 e. The van der Waals surface area contributed by atoms with E-state index in [1.54, 1.807) is 23.9 Å². The number of carbonyl (C=O) groups excluding carboxylic acids is 1. The summed E-state index contributed by atoms with van der Waals surface area (Å²) in [5.74, 6) is 0.0571. The molecular formula is C10H14FN5O. The number of nitrogens with zero attached hydrogens (tertiary/aromatic N) is 4. The summed E-state index contributed by atoms with van der Waals surface area (Å²) in [6, 6.07) is 0. The molecule has 7 heteroatoms. The number of piperazine rings is 1. The van der Waals surface area contributed by atoms with E-state index in [1.807, 2.05) is 0 Å². The van der Waals surface area contributed by atoms with Crippen molar-refractivity contribution in [2.24, 2.45) is 0 Å². The summed E-state index contributed by atoms with van der Waals surface area (Å²) in [6.07, 6.45) is 1.13. The van der Waals surface area contributed by atoms with Gasteiger partial charge in [0.1, 0.15) is 0 Å². The molecule has 0 spiro atoms. The van der Waals surface area contributed by atoms with E-state index in [4.69, 9.17) is 0 Å². The fourth-order valence-corrected chi connectivity index (χ4v) is 1.62. The summed E-state index contributed by atoms with van der Waals surface area (Å²) >= 11 is 0. The van der Waals surface area contributed by atoms with Crippen molar-refractivity contribution < 1.29 is 9.18 Å². The molecule has 0 aromatic carbocycles. The summed E-state index contributed by atoms with van der Waals surface area (Å²) in [6.45, 7) is 1.39. The second-order valence-electron chi connectivity index (χ2n) is 4.01. The molecule has 1 amide bonds. The van der Waals surface area contributed by atoms with E-state index < -0.39 is 5.82 Å². The van der Waals surface area contributed by atoms with Crippen molar-refractivity contribution in [1.29, 1.82) is 0 Å². The molecule has 92 valence electrons. The van der Waals surface area contributed by atoms with E-state index in [9.17, 15) is 9.18 Å². The van der Waals surface area contributed by atoms with Gasteiger partial charge in [-0.2, -0.15) is 4.98 Å². The minimum Gasteiger partial charge on any atom is -0.360 e. The van der Waals surface area contributed by atoms with E-state index >= 15 is 0 Å². The first kappa shape index (κ1) is 11.6. The van der Waals surface area contributed by atoms with Crippen LogP contribution < -0.4 is 15.1 Å². The maximum absolute atomic E-state index is 13.4. The van der Waals surface area contributed by atoms with Crippen molar-refractivity contribution in [3.63, 3.8) is 0 Å². The lowest BCUT2D eigenvalue weighted by atomic mass is 10.4. The number of rotatable bonds is 2. The van der Waals surface area contributed by atoms with Gasteiger partial charge in [-0.25, -0.2) is 9.37 Å². The predicted molar refractivity (Wildman–Crippen MR) is 61.5 cm³/mol. The van der Waals surface area contributed by atoms with Crippen molar-refractivity contribution in [3.05, 3.63) is 12.0 Å². The zero-order chi connectivity index (χ0) is 12.4. The van der Waals surface area contributed by atoms with Gasteiger partial charge in [0.05, 0.1) is 12.7 Å². The lowest BCUT2D eigenvalue weighted by Crippen LogP contribution is -2.48. The van der Waals surface area contributed by atoms with Crippen molar-refractivity contribution >= 4 is 17.7 Å².